The zero-order chi connectivity index (χ0) is 9.73. The summed E-state index contributed by atoms with van der Waals surface area (Å²) in [6, 6.07) is 0.963. The summed E-state index contributed by atoms with van der Waals surface area (Å²) in [5.41, 5.74) is 0.237. The van der Waals surface area contributed by atoms with E-state index < -0.39 is 8.56 Å². The van der Waals surface area contributed by atoms with Gasteiger partial charge in [-0.1, -0.05) is 6.92 Å². The number of rotatable bonds is 4. The number of hydrogen-bond acceptors (Lipinski definition) is 3. The van der Waals surface area contributed by atoms with Gasteiger partial charge in [-0.3, -0.25) is 0 Å². The van der Waals surface area contributed by atoms with Gasteiger partial charge < -0.3 is 13.6 Å². The van der Waals surface area contributed by atoms with Gasteiger partial charge in [0.2, 0.25) is 0 Å². The van der Waals surface area contributed by atoms with Gasteiger partial charge in [-0.15, -0.1) is 0 Å². The average molecular weight is 204 g/mol. The molecule has 78 valence electrons. The van der Waals surface area contributed by atoms with Gasteiger partial charge in [-0.2, -0.15) is 0 Å². The van der Waals surface area contributed by atoms with Crippen LogP contribution < -0.4 is 0 Å². The first-order valence-electron chi connectivity index (χ1n) is 5.01. The average Bonchev–Trinajstić information content (AvgIpc) is 2.23. The Morgan fingerprint density at radius 3 is 2.38 bits per heavy atom. The summed E-state index contributed by atoms with van der Waals surface area (Å²) in [4.78, 5) is 0. The van der Waals surface area contributed by atoms with Crippen LogP contribution in [0.5, 0.6) is 0 Å². The molecule has 1 aliphatic rings. The molecular formula is C9H20O3Si. The van der Waals surface area contributed by atoms with Gasteiger partial charge in [-0.25, -0.2) is 0 Å². The van der Waals surface area contributed by atoms with Gasteiger partial charge >= 0.3 is 8.56 Å². The van der Waals surface area contributed by atoms with Gasteiger partial charge in [0.25, 0.3) is 0 Å². The standard InChI is InChI=1S/C9H20O3Si/c1-4-13(10-2,11-3)9-7-5-6-8-12-9/h9H,4-8H2,1-3H3. The van der Waals surface area contributed by atoms with Gasteiger partial charge in [0.15, 0.2) is 0 Å². The van der Waals surface area contributed by atoms with Crippen molar-refractivity contribution < 1.29 is 13.6 Å². The minimum Gasteiger partial charge on any atom is -0.396 e. The van der Waals surface area contributed by atoms with E-state index in [0.29, 0.717) is 0 Å². The Bertz CT molecular complexity index is 134. The minimum absolute atomic E-state index is 0.237. The molecule has 1 aliphatic heterocycles. The summed E-state index contributed by atoms with van der Waals surface area (Å²) in [6.07, 6.45) is 3.52. The fourth-order valence-electron chi connectivity index (χ4n) is 1.95. The topological polar surface area (TPSA) is 27.7 Å². The van der Waals surface area contributed by atoms with E-state index in [1.54, 1.807) is 14.2 Å². The number of hydrogen-bond donors (Lipinski definition) is 0. The smallest absolute Gasteiger partial charge is 0.367 e. The highest BCUT2D eigenvalue weighted by atomic mass is 28.4. The van der Waals surface area contributed by atoms with Crippen LogP contribution in [-0.2, 0) is 13.6 Å². The molecule has 1 fully saturated rings. The van der Waals surface area contributed by atoms with Gasteiger partial charge in [0, 0.05) is 20.8 Å². The molecule has 1 saturated heterocycles. The van der Waals surface area contributed by atoms with Crippen molar-refractivity contribution in [2.24, 2.45) is 0 Å². The molecule has 1 unspecified atom stereocenters. The molecule has 1 heterocycles. The van der Waals surface area contributed by atoms with E-state index in [1.807, 2.05) is 0 Å². The Labute approximate surface area is 81.6 Å². The zero-order valence-electron chi connectivity index (χ0n) is 8.84. The van der Waals surface area contributed by atoms with Crippen LogP contribution in [-0.4, -0.2) is 35.1 Å². The molecule has 3 nitrogen and oxygen atoms in total. The molecule has 0 aromatic carbocycles. The monoisotopic (exact) mass is 204 g/mol. The van der Waals surface area contributed by atoms with E-state index in [1.165, 1.54) is 12.8 Å². The summed E-state index contributed by atoms with van der Waals surface area (Å²) in [7, 11) is 1.46. The molecule has 0 aliphatic carbocycles. The SMILES string of the molecule is CC[Si](OC)(OC)C1CCCCO1. The van der Waals surface area contributed by atoms with E-state index in [0.717, 1.165) is 19.1 Å². The summed E-state index contributed by atoms with van der Waals surface area (Å²) in [5.74, 6) is 0. The third-order valence-corrected chi connectivity index (χ3v) is 6.66. The first-order valence-corrected chi connectivity index (χ1v) is 7.11. The minimum atomic E-state index is -2.04. The van der Waals surface area contributed by atoms with Crippen LogP contribution in [0.15, 0.2) is 0 Å². The van der Waals surface area contributed by atoms with Gasteiger partial charge in [0.05, 0.1) is 0 Å². The van der Waals surface area contributed by atoms with E-state index in [2.05, 4.69) is 6.92 Å². The van der Waals surface area contributed by atoms with Crippen LogP contribution in [0.3, 0.4) is 0 Å². The van der Waals surface area contributed by atoms with E-state index in [4.69, 9.17) is 13.6 Å². The highest BCUT2D eigenvalue weighted by molar-refractivity contribution is 6.68. The lowest BCUT2D eigenvalue weighted by atomic mass is 10.2. The van der Waals surface area contributed by atoms with Crippen molar-refractivity contribution >= 4 is 8.56 Å². The predicted octanol–water partition coefficient (Wildman–Crippen LogP) is 1.85. The predicted molar refractivity (Wildman–Crippen MR) is 53.8 cm³/mol. The van der Waals surface area contributed by atoms with Crippen LogP contribution in [0.1, 0.15) is 26.2 Å². The van der Waals surface area contributed by atoms with Crippen LogP contribution in [0.2, 0.25) is 6.04 Å². The second-order valence-electron chi connectivity index (χ2n) is 3.43. The lowest BCUT2D eigenvalue weighted by Crippen LogP contribution is -2.53. The Morgan fingerprint density at radius 2 is 2.00 bits per heavy atom. The fourth-order valence-corrected chi connectivity index (χ4v) is 4.69. The highest BCUT2D eigenvalue weighted by Crippen LogP contribution is 2.26. The maximum absolute atomic E-state index is 5.73. The van der Waals surface area contributed by atoms with E-state index >= 15 is 0 Å². The summed E-state index contributed by atoms with van der Waals surface area (Å²) in [6.45, 7) is 2.99. The number of ether oxygens (including phenoxy) is 1. The van der Waals surface area contributed by atoms with Crippen molar-refractivity contribution in [1.82, 2.24) is 0 Å². The third-order valence-electron chi connectivity index (χ3n) is 2.85. The van der Waals surface area contributed by atoms with Crippen molar-refractivity contribution in [2.75, 3.05) is 20.8 Å². The highest BCUT2D eigenvalue weighted by Gasteiger charge is 2.44. The largest absolute Gasteiger partial charge is 0.396 e. The molecule has 0 saturated carbocycles. The maximum atomic E-state index is 5.73. The molecule has 4 heteroatoms. The molecule has 1 rings (SSSR count). The molecule has 1 atom stereocenters. The van der Waals surface area contributed by atoms with Crippen LogP contribution in [0, 0.1) is 0 Å². The summed E-state index contributed by atoms with van der Waals surface area (Å²) in [5, 5.41) is 0. The Kier molecular flexibility index (Phi) is 4.38. The molecular weight excluding hydrogens is 184 g/mol. The Morgan fingerprint density at radius 1 is 1.31 bits per heavy atom. The van der Waals surface area contributed by atoms with Crippen LogP contribution in [0.4, 0.5) is 0 Å². The maximum Gasteiger partial charge on any atom is 0.367 e. The lowest BCUT2D eigenvalue weighted by Gasteiger charge is -2.36. The third kappa shape index (κ3) is 2.31. The first kappa shape index (κ1) is 11.2. The molecule has 0 radical (unpaired) electrons. The Balaban J connectivity index is 2.60. The van der Waals surface area contributed by atoms with Crippen molar-refractivity contribution in [3.8, 4) is 0 Å². The molecule has 0 aromatic rings. The molecule has 0 aromatic heterocycles. The van der Waals surface area contributed by atoms with Crippen molar-refractivity contribution in [2.45, 2.75) is 38.0 Å². The molecule has 13 heavy (non-hydrogen) atoms. The second-order valence-corrected chi connectivity index (χ2v) is 7.22. The fraction of sp³-hybridized carbons (Fsp3) is 1.00. The lowest BCUT2D eigenvalue weighted by molar-refractivity contribution is 0.0261. The van der Waals surface area contributed by atoms with E-state index in [-0.39, 0.29) is 5.73 Å². The second kappa shape index (κ2) is 5.10. The van der Waals surface area contributed by atoms with Gasteiger partial charge in [-0.05, 0) is 25.3 Å². The quantitative estimate of drug-likeness (QED) is 0.654. The van der Waals surface area contributed by atoms with Crippen molar-refractivity contribution in [3.63, 3.8) is 0 Å². The molecule has 0 amide bonds. The summed E-state index contributed by atoms with van der Waals surface area (Å²) < 4.78 is 16.9. The molecule has 0 N–H and O–H groups in total. The normalized spacial score (nSPS) is 24.7. The first-order chi connectivity index (χ1) is 6.29. The van der Waals surface area contributed by atoms with Crippen molar-refractivity contribution in [1.29, 1.82) is 0 Å². The molecule has 0 bridgehead atoms. The van der Waals surface area contributed by atoms with Crippen LogP contribution in [0.25, 0.3) is 0 Å². The molecule has 0 spiro atoms. The van der Waals surface area contributed by atoms with E-state index in [9.17, 15) is 0 Å². The zero-order valence-corrected chi connectivity index (χ0v) is 9.84. The summed E-state index contributed by atoms with van der Waals surface area (Å²) >= 11 is 0. The Hall–Kier alpha value is 0.0969. The van der Waals surface area contributed by atoms with Crippen LogP contribution >= 0.6 is 0 Å². The van der Waals surface area contributed by atoms with Gasteiger partial charge in [0.1, 0.15) is 5.73 Å². The van der Waals surface area contributed by atoms with Crippen molar-refractivity contribution in [3.05, 3.63) is 0 Å².